The summed E-state index contributed by atoms with van der Waals surface area (Å²) in [6.45, 7) is 2.34. The van der Waals surface area contributed by atoms with Crippen molar-refractivity contribution in [3.8, 4) is 0 Å². The molecule has 0 aliphatic carbocycles. The lowest BCUT2D eigenvalue weighted by molar-refractivity contribution is -0.146. The average molecular weight is 397 g/mol. The molecule has 8 nitrogen and oxygen atoms in total. The van der Waals surface area contributed by atoms with Crippen molar-refractivity contribution in [1.29, 1.82) is 0 Å². The minimum absolute atomic E-state index is 0.310. The standard InChI is InChI=1S/C21H23N3O5/c25-19(15-29-20(26)14-22-21(27)16-4-2-1-3-5-16)23-17-6-8-18(9-7-17)24-10-12-28-13-11-24/h1-9H,10-15H2,(H,22,27)(H,23,25). The minimum atomic E-state index is -0.688. The number of nitrogens with one attached hydrogen (secondary N) is 2. The number of carbonyl (C=O) groups is 3. The summed E-state index contributed by atoms with van der Waals surface area (Å²) in [5.74, 6) is -1.52. The molecule has 3 rings (SSSR count). The van der Waals surface area contributed by atoms with Gasteiger partial charge in [-0.1, -0.05) is 18.2 Å². The summed E-state index contributed by atoms with van der Waals surface area (Å²) >= 11 is 0. The molecule has 1 aliphatic rings. The maximum Gasteiger partial charge on any atom is 0.325 e. The van der Waals surface area contributed by atoms with E-state index in [1.54, 1.807) is 42.5 Å². The third-order valence-electron chi connectivity index (χ3n) is 4.32. The van der Waals surface area contributed by atoms with Crippen LogP contribution < -0.4 is 15.5 Å². The first kappa shape index (κ1) is 20.3. The monoisotopic (exact) mass is 397 g/mol. The molecule has 29 heavy (non-hydrogen) atoms. The van der Waals surface area contributed by atoms with Crippen molar-refractivity contribution in [2.45, 2.75) is 0 Å². The molecule has 1 saturated heterocycles. The predicted molar refractivity (Wildman–Crippen MR) is 108 cm³/mol. The van der Waals surface area contributed by atoms with Crippen LogP contribution in [0.2, 0.25) is 0 Å². The third kappa shape index (κ3) is 6.32. The van der Waals surface area contributed by atoms with Gasteiger partial charge in [0.15, 0.2) is 6.61 Å². The van der Waals surface area contributed by atoms with Crippen LogP contribution in [0.4, 0.5) is 11.4 Å². The third-order valence-corrected chi connectivity index (χ3v) is 4.32. The number of anilines is 2. The lowest BCUT2D eigenvalue weighted by atomic mass is 10.2. The van der Waals surface area contributed by atoms with Crippen LogP contribution >= 0.6 is 0 Å². The Balaban J connectivity index is 1.38. The van der Waals surface area contributed by atoms with Crippen LogP contribution in [-0.4, -0.2) is 57.2 Å². The normalized spacial score (nSPS) is 13.4. The number of morpholine rings is 1. The van der Waals surface area contributed by atoms with E-state index in [4.69, 9.17) is 9.47 Å². The van der Waals surface area contributed by atoms with Gasteiger partial charge in [-0.15, -0.1) is 0 Å². The van der Waals surface area contributed by atoms with Crippen LogP contribution in [-0.2, 0) is 19.1 Å². The quantitative estimate of drug-likeness (QED) is 0.686. The first-order chi connectivity index (χ1) is 14.1. The van der Waals surface area contributed by atoms with Crippen LogP contribution in [0.3, 0.4) is 0 Å². The maximum absolute atomic E-state index is 12.0. The Morgan fingerprint density at radius 2 is 1.66 bits per heavy atom. The zero-order valence-corrected chi connectivity index (χ0v) is 15.9. The maximum atomic E-state index is 12.0. The number of ether oxygens (including phenoxy) is 2. The fraction of sp³-hybridized carbons (Fsp3) is 0.286. The van der Waals surface area contributed by atoms with Crippen LogP contribution in [0.1, 0.15) is 10.4 Å². The predicted octanol–water partition coefficient (Wildman–Crippen LogP) is 1.43. The summed E-state index contributed by atoms with van der Waals surface area (Å²) < 4.78 is 10.2. The molecule has 2 aromatic carbocycles. The number of benzene rings is 2. The highest BCUT2D eigenvalue weighted by atomic mass is 16.5. The molecule has 0 unspecified atom stereocenters. The molecule has 152 valence electrons. The number of rotatable bonds is 7. The van der Waals surface area contributed by atoms with E-state index in [0.717, 1.165) is 18.8 Å². The van der Waals surface area contributed by atoms with E-state index in [-0.39, 0.29) is 12.5 Å². The first-order valence-corrected chi connectivity index (χ1v) is 9.33. The average Bonchev–Trinajstić information content (AvgIpc) is 2.78. The van der Waals surface area contributed by atoms with E-state index in [1.165, 1.54) is 0 Å². The summed E-state index contributed by atoms with van der Waals surface area (Å²) in [6, 6.07) is 16.0. The van der Waals surface area contributed by atoms with Crippen molar-refractivity contribution >= 4 is 29.2 Å². The fourth-order valence-electron chi connectivity index (χ4n) is 2.82. The number of carbonyl (C=O) groups excluding carboxylic acids is 3. The largest absolute Gasteiger partial charge is 0.454 e. The summed E-state index contributed by atoms with van der Waals surface area (Å²) in [7, 11) is 0. The van der Waals surface area contributed by atoms with E-state index in [2.05, 4.69) is 15.5 Å². The number of amides is 2. The second-order valence-corrected chi connectivity index (χ2v) is 6.40. The van der Waals surface area contributed by atoms with E-state index < -0.39 is 18.5 Å². The van der Waals surface area contributed by atoms with Crippen molar-refractivity contribution in [2.75, 3.05) is 49.7 Å². The van der Waals surface area contributed by atoms with Crippen LogP contribution in [0.5, 0.6) is 0 Å². The zero-order valence-electron chi connectivity index (χ0n) is 15.9. The number of hydrogen-bond acceptors (Lipinski definition) is 6. The summed E-state index contributed by atoms with van der Waals surface area (Å²) in [5, 5.41) is 5.12. The Morgan fingerprint density at radius 3 is 2.34 bits per heavy atom. The number of nitrogens with zero attached hydrogens (tertiary/aromatic N) is 1. The van der Waals surface area contributed by atoms with E-state index in [0.29, 0.717) is 24.5 Å². The highest BCUT2D eigenvalue weighted by molar-refractivity contribution is 5.96. The zero-order chi connectivity index (χ0) is 20.5. The number of hydrogen-bond donors (Lipinski definition) is 2. The minimum Gasteiger partial charge on any atom is -0.454 e. The summed E-state index contributed by atoms with van der Waals surface area (Å²) in [4.78, 5) is 37.8. The Bertz CT molecular complexity index is 833. The molecule has 0 bridgehead atoms. The molecule has 0 saturated carbocycles. The smallest absolute Gasteiger partial charge is 0.325 e. The van der Waals surface area contributed by atoms with Crippen molar-refractivity contribution < 1.29 is 23.9 Å². The molecular formula is C21H23N3O5. The van der Waals surface area contributed by atoms with Crippen molar-refractivity contribution in [3.63, 3.8) is 0 Å². The lowest BCUT2D eigenvalue weighted by Crippen LogP contribution is -2.36. The second kappa shape index (κ2) is 10.2. The van der Waals surface area contributed by atoms with Crippen molar-refractivity contribution in [3.05, 3.63) is 60.2 Å². The van der Waals surface area contributed by atoms with Crippen LogP contribution in [0, 0.1) is 0 Å². The Kier molecular flexibility index (Phi) is 7.18. The fourth-order valence-corrected chi connectivity index (χ4v) is 2.82. The van der Waals surface area contributed by atoms with Gasteiger partial charge in [-0.2, -0.15) is 0 Å². The van der Waals surface area contributed by atoms with Crippen molar-refractivity contribution in [2.24, 2.45) is 0 Å². The van der Waals surface area contributed by atoms with Gasteiger partial charge in [-0.25, -0.2) is 0 Å². The topological polar surface area (TPSA) is 97.0 Å². The van der Waals surface area contributed by atoms with Gasteiger partial charge < -0.3 is 25.0 Å². The molecule has 0 atom stereocenters. The van der Waals surface area contributed by atoms with Gasteiger partial charge in [-0.05, 0) is 36.4 Å². The Labute approximate surface area is 168 Å². The molecule has 1 fully saturated rings. The van der Waals surface area contributed by atoms with Gasteiger partial charge in [-0.3, -0.25) is 14.4 Å². The molecule has 0 spiro atoms. The second-order valence-electron chi connectivity index (χ2n) is 6.40. The molecular weight excluding hydrogens is 374 g/mol. The molecule has 1 aliphatic heterocycles. The number of esters is 1. The van der Waals surface area contributed by atoms with Gasteiger partial charge in [0.05, 0.1) is 13.2 Å². The molecule has 0 aromatic heterocycles. The summed E-state index contributed by atoms with van der Waals surface area (Å²) in [5.41, 5.74) is 2.12. The van der Waals surface area contributed by atoms with Gasteiger partial charge in [0.2, 0.25) is 0 Å². The molecule has 1 heterocycles. The molecule has 0 radical (unpaired) electrons. The first-order valence-electron chi connectivity index (χ1n) is 9.33. The van der Waals surface area contributed by atoms with Crippen LogP contribution in [0.25, 0.3) is 0 Å². The Morgan fingerprint density at radius 1 is 0.966 bits per heavy atom. The van der Waals surface area contributed by atoms with E-state index in [9.17, 15) is 14.4 Å². The van der Waals surface area contributed by atoms with E-state index in [1.807, 2.05) is 12.1 Å². The molecule has 2 N–H and O–H groups in total. The van der Waals surface area contributed by atoms with Crippen LogP contribution in [0.15, 0.2) is 54.6 Å². The van der Waals surface area contributed by atoms with Gasteiger partial charge in [0, 0.05) is 30.0 Å². The highest BCUT2D eigenvalue weighted by Gasteiger charge is 2.13. The van der Waals surface area contributed by atoms with Gasteiger partial charge >= 0.3 is 5.97 Å². The Hall–Kier alpha value is -3.39. The SMILES string of the molecule is O=C(COC(=O)CNC(=O)c1ccccc1)Nc1ccc(N2CCOCC2)cc1. The molecule has 2 amide bonds. The highest BCUT2D eigenvalue weighted by Crippen LogP contribution is 2.18. The van der Waals surface area contributed by atoms with Gasteiger partial charge in [0.1, 0.15) is 6.54 Å². The van der Waals surface area contributed by atoms with Crippen molar-refractivity contribution in [1.82, 2.24) is 5.32 Å². The van der Waals surface area contributed by atoms with E-state index >= 15 is 0 Å². The van der Waals surface area contributed by atoms with Gasteiger partial charge in [0.25, 0.3) is 11.8 Å². The molecule has 2 aromatic rings. The summed E-state index contributed by atoms with van der Waals surface area (Å²) in [6.07, 6.45) is 0. The molecule has 8 heteroatoms. The lowest BCUT2D eigenvalue weighted by Gasteiger charge is -2.28.